The van der Waals surface area contributed by atoms with Crippen molar-refractivity contribution >= 4 is 39.2 Å². The van der Waals surface area contributed by atoms with Crippen molar-refractivity contribution in [3.8, 4) is 0 Å². The number of nitrogens with zero attached hydrogens (tertiary/aromatic N) is 1. The molecule has 7 heteroatoms. The molecule has 0 saturated heterocycles. The summed E-state index contributed by atoms with van der Waals surface area (Å²) in [5.41, 5.74) is 1.21. The van der Waals surface area contributed by atoms with Crippen molar-refractivity contribution in [1.82, 2.24) is 15.3 Å². The lowest BCUT2D eigenvalue weighted by atomic mass is 10.1. The molecule has 0 atom stereocenters. The van der Waals surface area contributed by atoms with E-state index in [1.807, 2.05) is 0 Å². The van der Waals surface area contributed by atoms with E-state index in [-0.39, 0.29) is 11.5 Å². The molecule has 0 bridgehead atoms. The Kier molecular flexibility index (Phi) is 6.17. The number of carbonyl (C=O) groups excluding carboxylic acids is 1. The van der Waals surface area contributed by atoms with Crippen LogP contribution < -0.4 is 10.9 Å². The molecule has 0 radical (unpaired) electrons. The Labute approximate surface area is 156 Å². The van der Waals surface area contributed by atoms with E-state index in [2.05, 4.69) is 29.1 Å². The van der Waals surface area contributed by atoms with E-state index in [0.29, 0.717) is 23.9 Å². The normalized spacial score (nSPS) is 13.6. The lowest BCUT2D eigenvalue weighted by molar-refractivity contribution is -0.120. The van der Waals surface area contributed by atoms with Crippen LogP contribution in [0.5, 0.6) is 0 Å². The van der Waals surface area contributed by atoms with E-state index in [0.717, 1.165) is 48.2 Å². The average Bonchev–Trinajstić information content (AvgIpc) is 3.11. The minimum Gasteiger partial charge on any atom is -0.356 e. The number of aryl methyl sites for hydroxylation is 2. The molecule has 2 aromatic rings. The molecule has 1 amide bonds. The van der Waals surface area contributed by atoms with Crippen LogP contribution in [0.1, 0.15) is 49.4 Å². The Morgan fingerprint density at radius 1 is 1.40 bits per heavy atom. The van der Waals surface area contributed by atoms with Crippen LogP contribution in [-0.4, -0.2) is 28.2 Å². The van der Waals surface area contributed by atoms with E-state index >= 15 is 0 Å². The summed E-state index contributed by atoms with van der Waals surface area (Å²) in [5.74, 6) is 2.77. The van der Waals surface area contributed by atoms with Crippen molar-refractivity contribution in [2.24, 2.45) is 5.92 Å². The van der Waals surface area contributed by atoms with Gasteiger partial charge in [-0.3, -0.25) is 9.59 Å². The molecule has 0 aliphatic heterocycles. The molecular formula is C18H25N3O2S2. The molecule has 0 aromatic carbocycles. The highest BCUT2D eigenvalue weighted by atomic mass is 32.2. The van der Waals surface area contributed by atoms with Gasteiger partial charge in [0.15, 0.2) is 0 Å². The summed E-state index contributed by atoms with van der Waals surface area (Å²) in [6.45, 7) is 5.04. The third-order valence-corrected chi connectivity index (χ3v) is 6.54. The first kappa shape index (κ1) is 18.5. The highest BCUT2D eigenvalue weighted by Gasteiger charge is 2.20. The standard InChI is InChI=1S/C18H25N3O2S2/c1-11(2)6-8-19-15(22)7-9-24-10-14-20-17(23)16-12-4-3-5-13(12)25-18(16)21-14/h11H,3-10H2,1-2H3,(H,19,22)(H,20,21,23). The number of carbonyl (C=O) groups is 1. The van der Waals surface area contributed by atoms with E-state index in [9.17, 15) is 9.59 Å². The highest BCUT2D eigenvalue weighted by Crippen LogP contribution is 2.34. The van der Waals surface area contributed by atoms with Gasteiger partial charge in [-0.1, -0.05) is 13.8 Å². The summed E-state index contributed by atoms with van der Waals surface area (Å²) in [5, 5.41) is 3.75. The zero-order chi connectivity index (χ0) is 17.8. The lowest BCUT2D eigenvalue weighted by Crippen LogP contribution is -2.25. The van der Waals surface area contributed by atoms with Crippen LogP contribution in [0, 0.1) is 5.92 Å². The van der Waals surface area contributed by atoms with Gasteiger partial charge in [0.1, 0.15) is 10.7 Å². The van der Waals surface area contributed by atoms with Gasteiger partial charge in [0.2, 0.25) is 5.91 Å². The molecule has 136 valence electrons. The van der Waals surface area contributed by atoms with Crippen molar-refractivity contribution in [2.45, 2.75) is 51.7 Å². The van der Waals surface area contributed by atoms with Crippen LogP contribution in [0.3, 0.4) is 0 Å². The van der Waals surface area contributed by atoms with E-state index in [1.54, 1.807) is 23.1 Å². The summed E-state index contributed by atoms with van der Waals surface area (Å²) in [7, 11) is 0. The van der Waals surface area contributed by atoms with E-state index in [4.69, 9.17) is 0 Å². The molecule has 0 spiro atoms. The molecule has 1 aliphatic carbocycles. The Hall–Kier alpha value is -1.34. The smallest absolute Gasteiger partial charge is 0.259 e. The number of H-pyrrole nitrogens is 1. The number of thioether (sulfide) groups is 1. The number of rotatable bonds is 8. The largest absolute Gasteiger partial charge is 0.356 e. The summed E-state index contributed by atoms with van der Waals surface area (Å²) in [4.78, 5) is 33.9. The van der Waals surface area contributed by atoms with Gasteiger partial charge in [0, 0.05) is 23.6 Å². The first-order chi connectivity index (χ1) is 12.0. The van der Waals surface area contributed by atoms with Crippen LogP contribution >= 0.6 is 23.1 Å². The van der Waals surface area contributed by atoms with E-state index in [1.165, 1.54) is 10.4 Å². The second-order valence-electron chi connectivity index (χ2n) is 6.89. The van der Waals surface area contributed by atoms with Crippen LogP contribution in [-0.2, 0) is 23.4 Å². The maximum Gasteiger partial charge on any atom is 0.259 e. The third-order valence-electron chi connectivity index (χ3n) is 4.38. The molecule has 2 N–H and O–H groups in total. The fourth-order valence-corrected chi connectivity index (χ4v) is 5.12. The molecule has 0 fully saturated rings. The predicted octanol–water partition coefficient (Wildman–Crippen LogP) is 3.26. The number of aromatic amines is 1. The summed E-state index contributed by atoms with van der Waals surface area (Å²) in [6.07, 6.45) is 4.73. The van der Waals surface area contributed by atoms with Gasteiger partial charge in [-0.05, 0) is 37.2 Å². The molecule has 0 saturated carbocycles. The first-order valence-electron chi connectivity index (χ1n) is 8.92. The fraction of sp³-hybridized carbons (Fsp3) is 0.611. The van der Waals surface area contributed by atoms with Crippen molar-refractivity contribution < 1.29 is 4.79 Å². The van der Waals surface area contributed by atoms with Crippen LogP contribution in [0.25, 0.3) is 10.2 Å². The lowest BCUT2D eigenvalue weighted by Gasteiger charge is -2.07. The predicted molar refractivity (Wildman–Crippen MR) is 106 cm³/mol. The Bertz CT molecular complexity index is 810. The van der Waals surface area contributed by atoms with Gasteiger partial charge in [-0.25, -0.2) is 4.98 Å². The molecular weight excluding hydrogens is 354 g/mol. The fourth-order valence-electron chi connectivity index (χ4n) is 3.04. The zero-order valence-electron chi connectivity index (χ0n) is 14.8. The second-order valence-corrected chi connectivity index (χ2v) is 9.07. The SMILES string of the molecule is CC(C)CCNC(=O)CCSCc1nc2sc3c(c2c(=O)[nH]1)CCC3. The summed E-state index contributed by atoms with van der Waals surface area (Å²) < 4.78 is 0. The Morgan fingerprint density at radius 2 is 2.24 bits per heavy atom. The third kappa shape index (κ3) is 4.64. The number of fused-ring (bicyclic) bond motifs is 3. The molecule has 2 aromatic heterocycles. The minimum atomic E-state index is -0.00794. The average molecular weight is 380 g/mol. The van der Waals surface area contributed by atoms with Crippen LogP contribution in [0.2, 0.25) is 0 Å². The summed E-state index contributed by atoms with van der Waals surface area (Å²) >= 11 is 3.30. The zero-order valence-corrected chi connectivity index (χ0v) is 16.4. The van der Waals surface area contributed by atoms with Crippen molar-refractivity contribution in [1.29, 1.82) is 0 Å². The number of amides is 1. The molecule has 3 rings (SSSR count). The number of thiophene rings is 1. The highest BCUT2D eigenvalue weighted by molar-refractivity contribution is 7.98. The van der Waals surface area contributed by atoms with Crippen molar-refractivity contribution in [3.05, 3.63) is 26.6 Å². The molecule has 1 aliphatic rings. The Balaban J connectivity index is 1.49. The van der Waals surface area contributed by atoms with Gasteiger partial charge in [0.25, 0.3) is 5.56 Å². The number of nitrogens with one attached hydrogen (secondary N) is 2. The van der Waals surface area contributed by atoms with Gasteiger partial charge in [-0.15, -0.1) is 11.3 Å². The number of hydrogen-bond donors (Lipinski definition) is 2. The van der Waals surface area contributed by atoms with Crippen molar-refractivity contribution in [2.75, 3.05) is 12.3 Å². The maximum atomic E-state index is 12.4. The van der Waals surface area contributed by atoms with E-state index < -0.39 is 0 Å². The molecule has 5 nitrogen and oxygen atoms in total. The van der Waals surface area contributed by atoms with Gasteiger partial charge in [0.05, 0.1) is 11.1 Å². The maximum absolute atomic E-state index is 12.4. The van der Waals surface area contributed by atoms with Gasteiger partial charge in [-0.2, -0.15) is 11.8 Å². The van der Waals surface area contributed by atoms with Crippen LogP contribution in [0.15, 0.2) is 4.79 Å². The molecule has 0 unspecified atom stereocenters. The molecule has 2 heterocycles. The second kappa shape index (κ2) is 8.36. The summed E-state index contributed by atoms with van der Waals surface area (Å²) in [6, 6.07) is 0. The molecule has 25 heavy (non-hydrogen) atoms. The number of hydrogen-bond acceptors (Lipinski definition) is 5. The topological polar surface area (TPSA) is 74.8 Å². The monoisotopic (exact) mass is 379 g/mol. The first-order valence-corrected chi connectivity index (χ1v) is 10.9. The van der Waals surface area contributed by atoms with Gasteiger partial charge >= 0.3 is 0 Å². The quantitative estimate of drug-likeness (QED) is 0.691. The van der Waals surface area contributed by atoms with Crippen molar-refractivity contribution in [3.63, 3.8) is 0 Å². The van der Waals surface area contributed by atoms with Gasteiger partial charge < -0.3 is 10.3 Å². The minimum absolute atomic E-state index is 0.00794. The van der Waals surface area contributed by atoms with Crippen LogP contribution in [0.4, 0.5) is 0 Å². The Morgan fingerprint density at radius 3 is 3.04 bits per heavy atom. The number of aromatic nitrogens is 2.